The van der Waals surface area contributed by atoms with E-state index in [2.05, 4.69) is 23.7 Å². The van der Waals surface area contributed by atoms with Crippen LogP contribution in [0, 0.1) is 0 Å². The van der Waals surface area contributed by atoms with E-state index in [1.54, 1.807) is 11.1 Å². The van der Waals surface area contributed by atoms with Crippen LogP contribution in [0.4, 0.5) is 0 Å². The molecule has 0 spiro atoms. The molecule has 1 saturated heterocycles. The van der Waals surface area contributed by atoms with Gasteiger partial charge in [-0.25, -0.2) is 9.59 Å². The monoisotopic (exact) mass is 491 g/mol. The first-order valence-electron chi connectivity index (χ1n) is 11.9. The average molecular weight is 492 g/mol. The van der Waals surface area contributed by atoms with Crippen molar-refractivity contribution in [3.8, 4) is 5.75 Å². The number of hydrogen-bond donors (Lipinski definition) is 1. The number of nitrogens with one attached hydrogen (secondary N) is 1. The predicted molar refractivity (Wildman–Crippen MR) is 133 cm³/mol. The van der Waals surface area contributed by atoms with Crippen LogP contribution >= 0.6 is 0 Å². The average Bonchev–Trinajstić information content (AvgIpc) is 3.30. The topological polar surface area (TPSA) is 109 Å². The predicted octanol–water partition coefficient (Wildman–Crippen LogP) is 2.59. The van der Waals surface area contributed by atoms with E-state index in [9.17, 15) is 19.2 Å². The molecule has 4 rings (SSSR count). The fraction of sp³-hybridized carbons (Fsp3) is 0.333. The number of esters is 2. The lowest BCUT2D eigenvalue weighted by molar-refractivity contribution is -0.146. The number of fused-ring (bicyclic) bond motifs is 1. The Bertz CT molecular complexity index is 1260. The van der Waals surface area contributed by atoms with Gasteiger partial charge in [-0.2, -0.15) is 0 Å². The molecule has 9 heteroatoms. The summed E-state index contributed by atoms with van der Waals surface area (Å²) >= 11 is 0. The van der Waals surface area contributed by atoms with Gasteiger partial charge in [0, 0.05) is 55.7 Å². The summed E-state index contributed by atoms with van der Waals surface area (Å²) in [5.74, 6) is -2.43. The minimum absolute atomic E-state index is 0.0895. The van der Waals surface area contributed by atoms with Crippen molar-refractivity contribution in [3.05, 3.63) is 65.9 Å². The first-order chi connectivity index (χ1) is 17.3. The number of nitrogens with zero attached hydrogens (tertiary/aromatic N) is 2. The van der Waals surface area contributed by atoms with E-state index in [0.29, 0.717) is 24.7 Å². The van der Waals surface area contributed by atoms with E-state index >= 15 is 0 Å². The van der Waals surface area contributed by atoms with Gasteiger partial charge in [-0.3, -0.25) is 14.5 Å². The maximum atomic E-state index is 12.4. The Morgan fingerprint density at radius 3 is 2.33 bits per heavy atom. The molecule has 1 aliphatic heterocycles. The summed E-state index contributed by atoms with van der Waals surface area (Å²) < 4.78 is 10.3. The second-order valence-electron chi connectivity index (χ2n) is 8.96. The molecule has 1 aliphatic rings. The second-order valence-corrected chi connectivity index (χ2v) is 8.96. The number of rotatable bonds is 8. The number of para-hydroxylation sites is 1. The number of amides is 1. The Hall–Kier alpha value is -3.98. The molecule has 0 aliphatic carbocycles. The number of carbonyl (C=O) groups is 4. The van der Waals surface area contributed by atoms with Crippen molar-refractivity contribution in [2.24, 2.45) is 0 Å². The third-order valence-electron chi connectivity index (χ3n) is 6.28. The van der Waals surface area contributed by atoms with Crippen LogP contribution in [0.2, 0.25) is 0 Å². The Morgan fingerprint density at radius 1 is 0.944 bits per heavy atom. The number of Topliss-reactive ketones (excluding diaryl/α,β-unsaturated/α-hetero) is 1. The molecule has 2 aromatic carbocycles. The lowest BCUT2D eigenvalue weighted by Gasteiger charge is -2.36. The van der Waals surface area contributed by atoms with Gasteiger partial charge in [-0.15, -0.1) is 0 Å². The molecule has 0 unspecified atom stereocenters. The van der Waals surface area contributed by atoms with E-state index in [0.717, 1.165) is 24.0 Å². The van der Waals surface area contributed by atoms with Crippen LogP contribution in [0.5, 0.6) is 5.75 Å². The largest absolute Gasteiger partial charge is 0.452 e. The minimum Gasteiger partial charge on any atom is -0.452 e. The van der Waals surface area contributed by atoms with Gasteiger partial charge >= 0.3 is 11.9 Å². The van der Waals surface area contributed by atoms with Gasteiger partial charge in [0.2, 0.25) is 5.78 Å². The van der Waals surface area contributed by atoms with Crippen LogP contribution in [0.15, 0.2) is 54.7 Å². The van der Waals surface area contributed by atoms with E-state index in [1.807, 2.05) is 24.3 Å². The molecule has 36 heavy (non-hydrogen) atoms. The highest BCUT2D eigenvalue weighted by atomic mass is 16.5. The number of benzene rings is 2. The molecule has 3 aromatic rings. The summed E-state index contributed by atoms with van der Waals surface area (Å²) in [6.45, 7) is 6.70. The van der Waals surface area contributed by atoms with E-state index in [4.69, 9.17) is 9.47 Å². The lowest BCUT2D eigenvalue weighted by Crippen LogP contribution is -2.51. The first-order valence-corrected chi connectivity index (χ1v) is 11.9. The molecule has 1 aromatic heterocycles. The van der Waals surface area contributed by atoms with Crippen molar-refractivity contribution in [3.63, 3.8) is 0 Å². The van der Waals surface area contributed by atoms with Gasteiger partial charge in [-0.1, -0.05) is 18.2 Å². The molecule has 0 saturated carbocycles. The fourth-order valence-electron chi connectivity index (χ4n) is 4.14. The summed E-state index contributed by atoms with van der Waals surface area (Å²) in [5.41, 5.74) is 1.80. The zero-order valence-corrected chi connectivity index (χ0v) is 20.4. The van der Waals surface area contributed by atoms with E-state index in [1.165, 1.54) is 24.3 Å². The molecule has 0 radical (unpaired) electrons. The normalized spacial score (nSPS) is 14.1. The van der Waals surface area contributed by atoms with Crippen LogP contribution in [-0.4, -0.2) is 77.2 Å². The number of ether oxygens (including phenoxy) is 2. The number of piperazine rings is 1. The van der Waals surface area contributed by atoms with Crippen molar-refractivity contribution in [1.29, 1.82) is 0 Å². The van der Waals surface area contributed by atoms with Gasteiger partial charge in [-0.05, 0) is 49.7 Å². The molecular formula is C27H29N3O6. The lowest BCUT2D eigenvalue weighted by atomic mass is 10.1. The Kier molecular flexibility index (Phi) is 7.80. The number of H-pyrrole nitrogens is 1. The van der Waals surface area contributed by atoms with Gasteiger partial charge in [0.1, 0.15) is 5.75 Å². The standard InChI is InChI=1S/C27H29N3O6/c1-18(2)29-11-13-30(14-12-29)25(32)17-35-26(33)19-7-9-21(10-8-19)36-27(34)24(31)15-20-16-28-23-6-4-3-5-22(20)23/h3-10,16,18,28H,11-15,17H2,1-2H3. The van der Waals surface area contributed by atoms with Gasteiger partial charge in [0.25, 0.3) is 5.91 Å². The van der Waals surface area contributed by atoms with Crippen LogP contribution in [0.1, 0.15) is 29.8 Å². The number of aromatic amines is 1. The minimum atomic E-state index is -0.987. The van der Waals surface area contributed by atoms with E-state index < -0.39 is 17.7 Å². The van der Waals surface area contributed by atoms with E-state index in [-0.39, 0.29) is 30.2 Å². The van der Waals surface area contributed by atoms with Crippen molar-refractivity contribution in [1.82, 2.24) is 14.8 Å². The number of hydrogen-bond acceptors (Lipinski definition) is 7. The molecule has 188 valence electrons. The second kappa shape index (κ2) is 11.2. The maximum absolute atomic E-state index is 12.4. The van der Waals surface area contributed by atoms with Crippen LogP contribution in [0.25, 0.3) is 10.9 Å². The molecule has 9 nitrogen and oxygen atoms in total. The van der Waals surface area contributed by atoms with Crippen LogP contribution < -0.4 is 4.74 Å². The Labute approximate surface area is 209 Å². The molecule has 1 fully saturated rings. The first kappa shape index (κ1) is 25.1. The van der Waals surface area contributed by atoms with Gasteiger partial charge in [0.15, 0.2) is 6.61 Å². The number of ketones is 1. The summed E-state index contributed by atoms with van der Waals surface area (Å²) in [7, 11) is 0. The molecule has 1 N–H and O–H groups in total. The van der Waals surface area contributed by atoms with Crippen molar-refractivity contribution < 1.29 is 28.7 Å². The Balaban J connectivity index is 1.24. The van der Waals surface area contributed by atoms with Crippen LogP contribution in [0.3, 0.4) is 0 Å². The highest BCUT2D eigenvalue weighted by molar-refractivity contribution is 6.35. The van der Waals surface area contributed by atoms with Crippen molar-refractivity contribution in [2.45, 2.75) is 26.3 Å². The third kappa shape index (κ3) is 5.98. The summed E-state index contributed by atoms with van der Waals surface area (Å²) in [4.78, 5) is 56.4. The zero-order chi connectivity index (χ0) is 25.7. The number of aromatic nitrogens is 1. The quantitative estimate of drug-likeness (QED) is 0.293. The molecular weight excluding hydrogens is 462 g/mol. The van der Waals surface area contributed by atoms with Gasteiger partial charge < -0.3 is 19.4 Å². The highest BCUT2D eigenvalue weighted by Crippen LogP contribution is 2.19. The molecule has 0 atom stereocenters. The fourth-order valence-corrected chi connectivity index (χ4v) is 4.14. The molecule has 1 amide bonds. The summed E-state index contributed by atoms with van der Waals surface area (Å²) in [5, 5.41) is 0.873. The maximum Gasteiger partial charge on any atom is 0.380 e. The third-order valence-corrected chi connectivity index (χ3v) is 6.28. The molecule has 0 bridgehead atoms. The summed E-state index contributed by atoms with van der Waals surface area (Å²) in [6.07, 6.45) is 1.61. The van der Waals surface area contributed by atoms with Gasteiger partial charge in [0.05, 0.1) is 5.56 Å². The summed E-state index contributed by atoms with van der Waals surface area (Å²) in [6, 6.07) is 13.6. The van der Waals surface area contributed by atoms with Crippen LogP contribution in [-0.2, 0) is 25.5 Å². The Morgan fingerprint density at radius 2 is 1.64 bits per heavy atom. The highest BCUT2D eigenvalue weighted by Gasteiger charge is 2.23. The number of carbonyl (C=O) groups excluding carboxylic acids is 4. The molecule has 2 heterocycles. The van der Waals surface area contributed by atoms with Crippen molar-refractivity contribution >= 4 is 34.5 Å². The zero-order valence-electron chi connectivity index (χ0n) is 20.4. The smallest absolute Gasteiger partial charge is 0.380 e. The van der Waals surface area contributed by atoms with Crippen molar-refractivity contribution in [2.75, 3.05) is 32.8 Å². The SMILES string of the molecule is CC(C)N1CCN(C(=O)COC(=O)c2ccc(OC(=O)C(=O)Cc3c[nH]c4ccccc34)cc2)CC1.